The minimum Gasteiger partial charge on any atom is -0.391 e. The second-order valence-corrected chi connectivity index (χ2v) is 19.6. The van der Waals surface area contributed by atoms with Crippen LogP contribution in [0.2, 0.25) is 0 Å². The van der Waals surface area contributed by atoms with Crippen LogP contribution in [0.1, 0.15) is 112 Å². The van der Waals surface area contributed by atoms with Crippen LogP contribution in [0, 0.1) is 29.6 Å². The summed E-state index contributed by atoms with van der Waals surface area (Å²) in [5, 5.41) is 51.6. The average molecular weight is 919 g/mol. The summed E-state index contributed by atoms with van der Waals surface area (Å²) in [6.45, 7) is 17.0. The van der Waals surface area contributed by atoms with Gasteiger partial charge in [-0.25, -0.2) is 0 Å². The third kappa shape index (κ3) is 12.0. The Morgan fingerprint density at radius 2 is 1.52 bits per heavy atom. The van der Waals surface area contributed by atoms with Gasteiger partial charge in [-0.2, -0.15) is 13.2 Å². The largest absolute Gasteiger partial charge is 0.416 e. The van der Waals surface area contributed by atoms with Gasteiger partial charge in [0.15, 0.2) is 12.6 Å². The van der Waals surface area contributed by atoms with Crippen LogP contribution in [0.3, 0.4) is 0 Å². The van der Waals surface area contributed by atoms with E-state index in [4.69, 9.17) is 33.3 Å². The Hall–Kier alpha value is -2.29. The minimum atomic E-state index is -4.64. The van der Waals surface area contributed by atoms with Gasteiger partial charge in [0, 0.05) is 62.3 Å². The molecule has 0 bridgehead atoms. The first kappa shape index (κ1) is 54.3. The van der Waals surface area contributed by atoms with Crippen molar-refractivity contribution in [3.05, 3.63) is 35.4 Å². The molecule has 368 valence electrons. The van der Waals surface area contributed by atoms with E-state index < -0.39 is 114 Å². The quantitative estimate of drug-likeness (QED) is 0.187. The molecule has 1 aliphatic carbocycles. The lowest BCUT2D eigenvalue weighted by molar-refractivity contribution is -0.318. The molecule has 64 heavy (non-hydrogen) atoms. The molecule has 0 spiro atoms. The van der Waals surface area contributed by atoms with Crippen molar-refractivity contribution in [3.63, 3.8) is 0 Å². The van der Waals surface area contributed by atoms with Crippen molar-refractivity contribution in [3.8, 4) is 0 Å². The topological polar surface area (TPSA) is 178 Å². The van der Waals surface area contributed by atoms with Crippen molar-refractivity contribution in [1.82, 2.24) is 4.90 Å². The zero-order valence-corrected chi connectivity index (χ0v) is 40.3. The van der Waals surface area contributed by atoms with Crippen molar-refractivity contribution in [2.45, 2.75) is 192 Å². The molecular formula is C47H77F3N2O12. The number of alkyl halides is 3. The average Bonchev–Trinajstić information content (AvgIpc) is 3.23. The molecule has 0 radical (unpaired) electrons. The fraction of sp³-hybridized carbons (Fsp3) is 0.830. The Morgan fingerprint density at radius 3 is 2.09 bits per heavy atom. The summed E-state index contributed by atoms with van der Waals surface area (Å²) in [5.41, 5.74) is -5.04. The van der Waals surface area contributed by atoms with Gasteiger partial charge in [0.05, 0.1) is 58.6 Å². The predicted octanol–water partition coefficient (Wildman–Crippen LogP) is 6.13. The van der Waals surface area contributed by atoms with Crippen LogP contribution in [-0.4, -0.2) is 143 Å². The second kappa shape index (κ2) is 21.8. The first-order valence-corrected chi connectivity index (χ1v) is 22.7. The number of oxime groups is 1. The maximum Gasteiger partial charge on any atom is 0.416 e. The van der Waals surface area contributed by atoms with Crippen LogP contribution < -0.4 is 0 Å². The van der Waals surface area contributed by atoms with E-state index in [0.29, 0.717) is 12.8 Å². The third-order valence-electron chi connectivity index (χ3n) is 14.6. The number of rotatable bonds is 11. The SMILES string of the molecule is CC[C@H]1CC(=O)[C@H](C)[C@@H](O[C@H]2C[C@@](C)(OC)[C@@H](O)[C@H](C)O2)[C@H](C)[C@@H](O[C@@H]2O[C@H](C)C[C@H](N(C)C)[C@H]2O)[C@](C)(OC)C[C@@H](C)/C(=N\OCc2ccccc2C(F)(F)F)[C@H](C)[C@@H](O)[C@]1(C)O. The normalized spacial score (nSPS) is 43.0. The second-order valence-electron chi connectivity index (χ2n) is 19.6. The van der Waals surface area contributed by atoms with Gasteiger partial charge in [0.25, 0.3) is 0 Å². The molecule has 14 nitrogen and oxygen atoms in total. The molecule has 17 heteroatoms. The number of aliphatic hydroxyl groups is 4. The number of ketones is 1. The molecule has 1 aromatic carbocycles. The van der Waals surface area contributed by atoms with E-state index in [1.54, 1.807) is 27.7 Å². The van der Waals surface area contributed by atoms with E-state index in [1.807, 2.05) is 53.6 Å². The molecule has 1 aromatic rings. The van der Waals surface area contributed by atoms with E-state index in [0.717, 1.165) is 6.07 Å². The van der Waals surface area contributed by atoms with Gasteiger partial charge in [-0.05, 0) is 73.5 Å². The maximum atomic E-state index is 14.7. The summed E-state index contributed by atoms with van der Waals surface area (Å²) in [6, 6.07) is 4.69. The number of halogens is 3. The highest BCUT2D eigenvalue weighted by atomic mass is 19.4. The number of benzene rings is 1. The lowest BCUT2D eigenvalue weighted by atomic mass is 9.69. The highest BCUT2D eigenvalue weighted by Gasteiger charge is 2.53. The molecule has 4 rings (SSSR count). The van der Waals surface area contributed by atoms with Crippen molar-refractivity contribution < 1.29 is 71.7 Å². The van der Waals surface area contributed by atoms with Gasteiger partial charge in [-0.3, -0.25) is 4.79 Å². The number of likely N-dealkylation sites (N-methyl/N-ethyl adjacent to an activating group) is 1. The number of carbonyl (C=O) groups is 1. The molecule has 0 aromatic heterocycles. The Kier molecular flexibility index (Phi) is 18.5. The number of Topliss-reactive ketones (excluding diaryl/α,β-unsaturated/α-hetero) is 1. The van der Waals surface area contributed by atoms with E-state index in [2.05, 4.69) is 5.16 Å². The molecule has 2 heterocycles. The van der Waals surface area contributed by atoms with E-state index in [-0.39, 0.29) is 48.5 Å². The smallest absolute Gasteiger partial charge is 0.391 e. The molecule has 18 atom stereocenters. The molecule has 3 aliphatic rings. The number of hydrogen-bond acceptors (Lipinski definition) is 14. The Labute approximate surface area is 378 Å². The van der Waals surface area contributed by atoms with Gasteiger partial charge < -0.3 is 58.6 Å². The fourth-order valence-electron chi connectivity index (χ4n) is 10.3. The van der Waals surface area contributed by atoms with E-state index in [1.165, 1.54) is 39.3 Å². The molecule has 0 unspecified atom stereocenters. The molecule has 1 saturated carbocycles. The fourth-order valence-corrected chi connectivity index (χ4v) is 10.3. The Balaban J connectivity index is 1.92. The summed E-state index contributed by atoms with van der Waals surface area (Å²) in [5.74, 6) is -4.23. The number of methoxy groups -OCH3 is 2. The lowest BCUT2D eigenvalue weighted by Crippen LogP contribution is -2.61. The highest BCUT2D eigenvalue weighted by molar-refractivity contribution is 5.89. The highest BCUT2D eigenvalue weighted by Crippen LogP contribution is 2.43. The van der Waals surface area contributed by atoms with Gasteiger partial charge >= 0.3 is 6.18 Å². The zero-order chi connectivity index (χ0) is 48.3. The summed E-state index contributed by atoms with van der Waals surface area (Å²) < 4.78 is 80.6. The lowest BCUT2D eigenvalue weighted by Gasteiger charge is -2.50. The van der Waals surface area contributed by atoms with E-state index in [9.17, 15) is 38.4 Å². The van der Waals surface area contributed by atoms with Gasteiger partial charge in [0.2, 0.25) is 0 Å². The standard InChI is InChI=1S/C47H77F3N2O12/c1-15-32-21-35(53)27(4)39(63-36-23-44(8,58-13)41(56)30(7)62-36)29(6)42(64-43-38(54)34(52(11)12)20-26(3)61-43)45(9,59-14)22-25(2)37(28(5)40(55)46(32,10)57)51-60-24-31-18-16-17-19-33(31)47(48,49)50/h16-19,25-30,32,34,36,38-43,54-57H,15,20-24H2,1-14H3/b51-37+/t25-,26-,27+,28+,29+,30+,32+,34+,36+,38-,39-,40-,41+,42-,43+,44-,45-,46-/m1/s1. The monoisotopic (exact) mass is 919 g/mol. The number of nitrogens with zero attached hydrogens (tertiary/aromatic N) is 2. The van der Waals surface area contributed by atoms with Crippen molar-refractivity contribution in [2.75, 3.05) is 28.3 Å². The van der Waals surface area contributed by atoms with Gasteiger partial charge in [0.1, 0.15) is 24.6 Å². The van der Waals surface area contributed by atoms with Crippen LogP contribution >= 0.6 is 0 Å². The van der Waals surface area contributed by atoms with Crippen molar-refractivity contribution in [1.29, 1.82) is 0 Å². The van der Waals surface area contributed by atoms with Crippen LogP contribution in [-0.2, 0) is 50.8 Å². The third-order valence-corrected chi connectivity index (χ3v) is 14.6. The molecule has 0 amide bonds. The predicted molar refractivity (Wildman–Crippen MR) is 233 cm³/mol. The number of hydrogen-bond donors (Lipinski definition) is 4. The first-order valence-electron chi connectivity index (χ1n) is 22.7. The minimum absolute atomic E-state index is 0.0890. The Morgan fingerprint density at radius 1 is 0.891 bits per heavy atom. The van der Waals surface area contributed by atoms with Crippen LogP contribution in [0.5, 0.6) is 0 Å². The molecule has 2 saturated heterocycles. The number of carbonyl (C=O) groups excluding carboxylic acids is 1. The summed E-state index contributed by atoms with van der Waals surface area (Å²) >= 11 is 0. The van der Waals surface area contributed by atoms with Crippen molar-refractivity contribution in [2.24, 2.45) is 34.7 Å². The van der Waals surface area contributed by atoms with Crippen LogP contribution in [0.15, 0.2) is 29.4 Å². The van der Waals surface area contributed by atoms with Gasteiger partial charge in [-0.15, -0.1) is 0 Å². The summed E-state index contributed by atoms with van der Waals surface area (Å²) in [4.78, 5) is 22.4. The molecule has 4 N–H and O–H groups in total. The van der Waals surface area contributed by atoms with Crippen molar-refractivity contribution >= 4 is 11.5 Å². The molecule has 3 fully saturated rings. The number of ether oxygens (including phenoxy) is 6. The Bertz CT molecular complexity index is 1700. The van der Waals surface area contributed by atoms with Gasteiger partial charge in [-0.1, -0.05) is 64.4 Å². The van der Waals surface area contributed by atoms with Crippen LogP contribution in [0.25, 0.3) is 0 Å². The van der Waals surface area contributed by atoms with E-state index >= 15 is 0 Å². The van der Waals surface area contributed by atoms with Crippen LogP contribution in [0.4, 0.5) is 13.2 Å². The molecule has 2 aliphatic heterocycles. The summed E-state index contributed by atoms with van der Waals surface area (Å²) in [6.07, 6.45) is -12.5. The maximum absolute atomic E-state index is 14.7. The number of aliphatic hydroxyl groups excluding tert-OH is 3. The molecular weight excluding hydrogens is 842 g/mol. The zero-order valence-electron chi connectivity index (χ0n) is 40.3. The summed E-state index contributed by atoms with van der Waals surface area (Å²) in [7, 11) is 6.72. The first-order chi connectivity index (χ1) is 29.7.